The van der Waals surface area contributed by atoms with Gasteiger partial charge < -0.3 is 4.90 Å². The van der Waals surface area contributed by atoms with E-state index in [9.17, 15) is 0 Å². The van der Waals surface area contributed by atoms with Crippen LogP contribution in [-0.2, 0) is 0 Å². The van der Waals surface area contributed by atoms with Crippen molar-refractivity contribution < 1.29 is 0 Å². The Morgan fingerprint density at radius 1 is 0.880 bits per heavy atom. The standard InChI is InChI=1S/C21H26Cl2N2/c22-18-11-10-16-17(15-8-4-2-1-3-5-9-15)14-19(24-21(16)20(18)23)25-12-6-7-13-25/h10-11,14-15H,1-9,12-13H2. The highest BCUT2D eigenvalue weighted by Gasteiger charge is 2.22. The highest BCUT2D eigenvalue weighted by atomic mass is 35.5. The first-order valence-corrected chi connectivity index (χ1v) is 10.5. The molecule has 25 heavy (non-hydrogen) atoms. The van der Waals surface area contributed by atoms with Crippen molar-refractivity contribution in [2.24, 2.45) is 0 Å². The zero-order chi connectivity index (χ0) is 17.2. The molecule has 1 aliphatic heterocycles. The number of anilines is 1. The Morgan fingerprint density at radius 2 is 1.56 bits per heavy atom. The predicted molar refractivity (Wildman–Crippen MR) is 108 cm³/mol. The fourth-order valence-electron chi connectivity index (χ4n) is 4.46. The first-order chi connectivity index (χ1) is 12.2. The Kier molecular flexibility index (Phi) is 5.38. The summed E-state index contributed by atoms with van der Waals surface area (Å²) in [4.78, 5) is 7.33. The average molecular weight is 377 g/mol. The van der Waals surface area contributed by atoms with Gasteiger partial charge in [-0.15, -0.1) is 0 Å². The SMILES string of the molecule is Clc1ccc2c(C3CCCCCCC3)cc(N3CCCC3)nc2c1Cl. The minimum Gasteiger partial charge on any atom is -0.357 e. The molecule has 0 spiro atoms. The van der Waals surface area contributed by atoms with Crippen LogP contribution in [0.4, 0.5) is 5.82 Å². The van der Waals surface area contributed by atoms with Crippen molar-refractivity contribution in [3.63, 3.8) is 0 Å². The maximum Gasteiger partial charge on any atom is 0.129 e. The molecule has 2 aliphatic rings. The second-order valence-electron chi connectivity index (χ2n) is 7.56. The molecule has 0 bridgehead atoms. The van der Waals surface area contributed by atoms with E-state index in [1.54, 1.807) is 0 Å². The summed E-state index contributed by atoms with van der Waals surface area (Å²) in [5.74, 6) is 1.70. The molecule has 2 aromatic rings. The summed E-state index contributed by atoms with van der Waals surface area (Å²) in [5, 5.41) is 2.40. The minimum absolute atomic E-state index is 0.601. The first-order valence-electron chi connectivity index (χ1n) is 9.77. The molecule has 0 atom stereocenters. The van der Waals surface area contributed by atoms with Crippen LogP contribution in [0.15, 0.2) is 18.2 Å². The van der Waals surface area contributed by atoms with Crippen LogP contribution >= 0.6 is 23.2 Å². The van der Waals surface area contributed by atoms with E-state index in [1.165, 1.54) is 68.7 Å². The molecule has 2 fully saturated rings. The van der Waals surface area contributed by atoms with Crippen LogP contribution < -0.4 is 4.90 Å². The van der Waals surface area contributed by atoms with Gasteiger partial charge in [-0.3, -0.25) is 0 Å². The molecule has 1 aromatic carbocycles. The second-order valence-corrected chi connectivity index (χ2v) is 8.35. The Hall–Kier alpha value is -0.990. The van der Waals surface area contributed by atoms with E-state index in [0.717, 1.165) is 24.4 Å². The lowest BCUT2D eigenvalue weighted by atomic mass is 9.84. The number of benzene rings is 1. The van der Waals surface area contributed by atoms with Crippen molar-refractivity contribution >= 4 is 39.9 Å². The quantitative estimate of drug-likeness (QED) is 0.562. The summed E-state index contributed by atoms with van der Waals surface area (Å²) in [5.41, 5.74) is 2.32. The lowest BCUT2D eigenvalue weighted by molar-refractivity contribution is 0.457. The van der Waals surface area contributed by atoms with Gasteiger partial charge in [-0.1, -0.05) is 61.4 Å². The molecule has 134 valence electrons. The highest BCUT2D eigenvalue weighted by molar-refractivity contribution is 6.45. The largest absolute Gasteiger partial charge is 0.357 e. The van der Waals surface area contributed by atoms with Crippen LogP contribution in [0.1, 0.15) is 69.3 Å². The van der Waals surface area contributed by atoms with E-state index < -0.39 is 0 Å². The summed E-state index contributed by atoms with van der Waals surface area (Å²) in [6, 6.07) is 6.40. The monoisotopic (exact) mass is 376 g/mol. The van der Waals surface area contributed by atoms with E-state index in [1.807, 2.05) is 6.07 Å². The summed E-state index contributed by atoms with van der Waals surface area (Å²) < 4.78 is 0. The van der Waals surface area contributed by atoms with Crippen molar-refractivity contribution in [3.8, 4) is 0 Å². The fourth-order valence-corrected chi connectivity index (χ4v) is 4.82. The molecule has 2 heterocycles. The van der Waals surface area contributed by atoms with Crippen molar-refractivity contribution in [1.29, 1.82) is 0 Å². The molecule has 4 heteroatoms. The van der Waals surface area contributed by atoms with Crippen LogP contribution in [0.2, 0.25) is 10.0 Å². The third kappa shape index (κ3) is 3.61. The second kappa shape index (κ2) is 7.72. The third-order valence-corrected chi connectivity index (χ3v) is 6.66. The first kappa shape index (κ1) is 17.4. The number of aromatic nitrogens is 1. The minimum atomic E-state index is 0.601. The van der Waals surface area contributed by atoms with Crippen LogP contribution in [0.3, 0.4) is 0 Å². The Balaban J connectivity index is 1.83. The molecule has 4 rings (SSSR count). The molecular weight excluding hydrogens is 351 g/mol. The van der Waals surface area contributed by atoms with E-state index in [0.29, 0.717) is 16.0 Å². The van der Waals surface area contributed by atoms with Gasteiger partial charge in [-0.25, -0.2) is 4.98 Å². The molecule has 1 saturated heterocycles. The van der Waals surface area contributed by atoms with Crippen molar-refractivity contribution in [2.75, 3.05) is 18.0 Å². The number of rotatable bonds is 2. The summed E-state index contributed by atoms with van der Waals surface area (Å²) in [6.45, 7) is 2.20. The fraction of sp³-hybridized carbons (Fsp3) is 0.571. The molecule has 1 aromatic heterocycles. The number of pyridine rings is 1. The number of hydrogen-bond donors (Lipinski definition) is 0. The highest BCUT2D eigenvalue weighted by Crippen LogP contribution is 2.40. The maximum atomic E-state index is 6.56. The molecule has 0 unspecified atom stereocenters. The van der Waals surface area contributed by atoms with Gasteiger partial charge in [0.1, 0.15) is 5.82 Å². The Morgan fingerprint density at radius 3 is 2.28 bits per heavy atom. The van der Waals surface area contributed by atoms with Crippen molar-refractivity contribution in [1.82, 2.24) is 4.98 Å². The summed E-state index contributed by atoms with van der Waals surface area (Å²) in [6.07, 6.45) is 11.8. The lowest BCUT2D eigenvalue weighted by Gasteiger charge is -2.25. The summed E-state index contributed by atoms with van der Waals surface area (Å²) in [7, 11) is 0. The zero-order valence-electron chi connectivity index (χ0n) is 14.7. The average Bonchev–Trinajstić information content (AvgIpc) is 3.12. The smallest absolute Gasteiger partial charge is 0.129 e. The maximum absolute atomic E-state index is 6.56. The van der Waals surface area contributed by atoms with E-state index in [4.69, 9.17) is 28.2 Å². The Bertz CT molecular complexity index is 745. The number of nitrogens with zero attached hydrogens (tertiary/aromatic N) is 2. The molecule has 0 radical (unpaired) electrons. The van der Waals surface area contributed by atoms with Gasteiger partial charge in [0.15, 0.2) is 0 Å². The number of halogens is 2. The van der Waals surface area contributed by atoms with Crippen LogP contribution in [0.25, 0.3) is 10.9 Å². The molecule has 0 N–H and O–H groups in total. The normalized spacial score (nSPS) is 20.0. The molecule has 2 nitrogen and oxygen atoms in total. The van der Waals surface area contributed by atoms with Crippen LogP contribution in [0, 0.1) is 0 Å². The van der Waals surface area contributed by atoms with E-state index in [2.05, 4.69) is 17.0 Å². The third-order valence-electron chi connectivity index (χ3n) is 5.87. The number of hydrogen-bond acceptors (Lipinski definition) is 2. The molecule has 1 aliphatic carbocycles. The van der Waals surface area contributed by atoms with Crippen LogP contribution in [-0.4, -0.2) is 18.1 Å². The van der Waals surface area contributed by atoms with E-state index >= 15 is 0 Å². The zero-order valence-corrected chi connectivity index (χ0v) is 16.2. The molecule has 0 amide bonds. The summed E-state index contributed by atoms with van der Waals surface area (Å²) >= 11 is 12.9. The van der Waals surface area contributed by atoms with Gasteiger partial charge in [-0.2, -0.15) is 0 Å². The van der Waals surface area contributed by atoms with Crippen LogP contribution in [0.5, 0.6) is 0 Å². The molecule has 1 saturated carbocycles. The topological polar surface area (TPSA) is 16.1 Å². The van der Waals surface area contributed by atoms with Gasteiger partial charge >= 0.3 is 0 Å². The van der Waals surface area contributed by atoms with Gasteiger partial charge in [0.05, 0.1) is 15.6 Å². The van der Waals surface area contributed by atoms with Gasteiger partial charge in [0.25, 0.3) is 0 Å². The van der Waals surface area contributed by atoms with Gasteiger partial charge in [-0.05, 0) is 49.3 Å². The predicted octanol–water partition coefficient (Wildman–Crippen LogP) is 6.97. The van der Waals surface area contributed by atoms with Crippen molar-refractivity contribution in [3.05, 3.63) is 33.8 Å². The number of fused-ring (bicyclic) bond motifs is 1. The lowest BCUT2D eigenvalue weighted by Crippen LogP contribution is -2.19. The van der Waals surface area contributed by atoms with E-state index in [-0.39, 0.29) is 0 Å². The van der Waals surface area contributed by atoms with Crippen molar-refractivity contribution in [2.45, 2.75) is 63.7 Å². The Labute approximate surface area is 160 Å². The van der Waals surface area contributed by atoms with Gasteiger partial charge in [0.2, 0.25) is 0 Å². The molecular formula is C21H26Cl2N2. The van der Waals surface area contributed by atoms with Gasteiger partial charge in [0, 0.05) is 18.5 Å².